The molecular weight excluding hydrogens is 316 g/mol. The lowest BCUT2D eigenvalue weighted by Gasteiger charge is -2.04. The summed E-state index contributed by atoms with van der Waals surface area (Å²) in [5, 5.41) is 4.24. The number of esters is 1. The first kappa shape index (κ1) is 15.1. The van der Waals surface area contributed by atoms with Crippen molar-refractivity contribution in [2.45, 2.75) is 0 Å². The smallest absolute Gasteiger partial charge is 0.337 e. The topological polar surface area (TPSA) is 71.2 Å². The molecule has 3 aromatic rings. The summed E-state index contributed by atoms with van der Waals surface area (Å²) in [7, 11) is 1.32. The number of hydrogen-bond donors (Lipinski definition) is 2. The number of carbonyl (C=O) groups is 2. The van der Waals surface area contributed by atoms with Gasteiger partial charge in [0.25, 0.3) is 5.91 Å². The Balaban J connectivity index is 1.78. The third-order valence-corrected chi connectivity index (χ3v) is 3.63. The summed E-state index contributed by atoms with van der Waals surface area (Å²) in [6.07, 6.45) is 0. The lowest BCUT2D eigenvalue weighted by Crippen LogP contribution is -2.12. The SMILES string of the molecule is COC(=O)c1ccc(NC(=O)c2cc3cc(Cl)ccc3[nH]2)cc1. The van der Waals surface area contributed by atoms with Crippen LogP contribution in [0.25, 0.3) is 10.9 Å². The van der Waals surface area contributed by atoms with Crippen LogP contribution in [0.5, 0.6) is 0 Å². The molecule has 2 aromatic carbocycles. The van der Waals surface area contributed by atoms with Crippen LogP contribution in [-0.2, 0) is 4.74 Å². The van der Waals surface area contributed by atoms with E-state index in [1.807, 2.05) is 6.07 Å². The molecular formula is C17H13ClN2O3. The van der Waals surface area contributed by atoms with Crippen molar-refractivity contribution < 1.29 is 14.3 Å². The molecule has 0 saturated carbocycles. The maximum absolute atomic E-state index is 12.3. The van der Waals surface area contributed by atoms with Crippen molar-refractivity contribution in [1.29, 1.82) is 0 Å². The molecule has 116 valence electrons. The molecule has 0 radical (unpaired) electrons. The zero-order valence-corrected chi connectivity index (χ0v) is 13.0. The van der Waals surface area contributed by atoms with Gasteiger partial charge in [-0.25, -0.2) is 4.79 Å². The first-order chi connectivity index (χ1) is 11.1. The van der Waals surface area contributed by atoms with Gasteiger partial charge in [0.15, 0.2) is 0 Å². The van der Waals surface area contributed by atoms with E-state index < -0.39 is 5.97 Å². The van der Waals surface area contributed by atoms with Crippen molar-refractivity contribution in [3.63, 3.8) is 0 Å². The third-order valence-electron chi connectivity index (χ3n) is 3.39. The minimum atomic E-state index is -0.421. The lowest BCUT2D eigenvalue weighted by atomic mass is 10.2. The number of ether oxygens (including phenoxy) is 1. The third kappa shape index (κ3) is 3.19. The average molecular weight is 329 g/mol. The van der Waals surface area contributed by atoms with Crippen LogP contribution >= 0.6 is 11.6 Å². The van der Waals surface area contributed by atoms with Gasteiger partial charge in [-0.3, -0.25) is 4.79 Å². The molecule has 0 spiro atoms. The van der Waals surface area contributed by atoms with Gasteiger partial charge >= 0.3 is 5.97 Å². The number of amides is 1. The van der Waals surface area contributed by atoms with Gasteiger partial charge in [0.1, 0.15) is 5.69 Å². The molecule has 1 heterocycles. The van der Waals surface area contributed by atoms with E-state index in [9.17, 15) is 9.59 Å². The van der Waals surface area contributed by atoms with Gasteiger partial charge in [0.2, 0.25) is 0 Å². The van der Waals surface area contributed by atoms with Gasteiger partial charge in [-0.15, -0.1) is 0 Å². The van der Waals surface area contributed by atoms with Gasteiger partial charge in [-0.05, 0) is 48.5 Å². The van der Waals surface area contributed by atoms with Gasteiger partial charge in [-0.1, -0.05) is 11.6 Å². The number of carbonyl (C=O) groups excluding carboxylic acids is 2. The van der Waals surface area contributed by atoms with Gasteiger partial charge in [-0.2, -0.15) is 0 Å². The number of benzene rings is 2. The van der Waals surface area contributed by atoms with E-state index >= 15 is 0 Å². The van der Waals surface area contributed by atoms with Crippen molar-refractivity contribution >= 4 is 40.1 Å². The van der Waals surface area contributed by atoms with Crippen molar-refractivity contribution in [3.05, 3.63) is 64.8 Å². The Hall–Kier alpha value is -2.79. The monoisotopic (exact) mass is 328 g/mol. The molecule has 3 rings (SSSR count). The van der Waals surface area contributed by atoms with E-state index in [0.717, 1.165) is 10.9 Å². The van der Waals surface area contributed by atoms with E-state index in [-0.39, 0.29) is 5.91 Å². The summed E-state index contributed by atoms with van der Waals surface area (Å²) < 4.78 is 4.63. The molecule has 1 amide bonds. The summed E-state index contributed by atoms with van der Waals surface area (Å²) in [6, 6.07) is 13.6. The number of rotatable bonds is 3. The Kier molecular flexibility index (Phi) is 4.04. The molecule has 0 atom stereocenters. The fourth-order valence-electron chi connectivity index (χ4n) is 2.23. The first-order valence-electron chi connectivity index (χ1n) is 6.85. The number of hydrogen-bond acceptors (Lipinski definition) is 3. The maximum Gasteiger partial charge on any atom is 0.337 e. The molecule has 0 aliphatic rings. The molecule has 0 aliphatic heterocycles. The minimum absolute atomic E-state index is 0.275. The molecule has 0 saturated heterocycles. The van der Waals surface area contributed by atoms with Gasteiger partial charge in [0.05, 0.1) is 12.7 Å². The molecule has 1 aromatic heterocycles. The average Bonchev–Trinajstić information content (AvgIpc) is 2.98. The largest absolute Gasteiger partial charge is 0.465 e. The Labute approximate surface area is 137 Å². The molecule has 6 heteroatoms. The van der Waals surface area contributed by atoms with Crippen LogP contribution in [0.2, 0.25) is 5.02 Å². The number of halogens is 1. The maximum atomic E-state index is 12.3. The first-order valence-corrected chi connectivity index (χ1v) is 7.22. The number of aromatic nitrogens is 1. The normalized spacial score (nSPS) is 10.5. The predicted molar refractivity (Wildman–Crippen MR) is 89.0 cm³/mol. The van der Waals surface area contributed by atoms with E-state index in [0.29, 0.717) is 22.0 Å². The second-order valence-electron chi connectivity index (χ2n) is 4.94. The van der Waals surface area contributed by atoms with Crippen LogP contribution in [0.4, 0.5) is 5.69 Å². The number of nitrogens with one attached hydrogen (secondary N) is 2. The molecule has 0 unspecified atom stereocenters. The van der Waals surface area contributed by atoms with Gasteiger partial charge < -0.3 is 15.0 Å². The second-order valence-corrected chi connectivity index (χ2v) is 5.37. The molecule has 2 N–H and O–H groups in total. The van der Waals surface area contributed by atoms with Crippen molar-refractivity contribution in [2.75, 3.05) is 12.4 Å². The number of methoxy groups -OCH3 is 1. The number of aromatic amines is 1. The summed E-state index contributed by atoms with van der Waals surface area (Å²) >= 11 is 5.94. The number of anilines is 1. The van der Waals surface area contributed by atoms with E-state index in [2.05, 4.69) is 15.0 Å². The molecule has 5 nitrogen and oxygen atoms in total. The Morgan fingerprint density at radius 3 is 2.52 bits per heavy atom. The van der Waals surface area contributed by atoms with Crippen molar-refractivity contribution in [3.8, 4) is 0 Å². The molecule has 0 aliphatic carbocycles. The van der Waals surface area contributed by atoms with Crippen LogP contribution < -0.4 is 5.32 Å². The number of H-pyrrole nitrogens is 1. The molecule has 0 fully saturated rings. The van der Waals surface area contributed by atoms with Crippen LogP contribution in [0, 0.1) is 0 Å². The van der Waals surface area contributed by atoms with E-state index in [4.69, 9.17) is 11.6 Å². The molecule has 23 heavy (non-hydrogen) atoms. The summed E-state index contributed by atoms with van der Waals surface area (Å²) in [5.74, 6) is -0.696. The quantitative estimate of drug-likeness (QED) is 0.717. The van der Waals surface area contributed by atoms with Crippen LogP contribution in [0.15, 0.2) is 48.5 Å². The lowest BCUT2D eigenvalue weighted by molar-refractivity contribution is 0.0600. The highest BCUT2D eigenvalue weighted by molar-refractivity contribution is 6.31. The van der Waals surface area contributed by atoms with Crippen LogP contribution in [-0.4, -0.2) is 24.0 Å². The zero-order valence-electron chi connectivity index (χ0n) is 12.2. The Bertz CT molecular complexity index is 884. The number of fused-ring (bicyclic) bond motifs is 1. The highest BCUT2D eigenvalue weighted by Gasteiger charge is 2.11. The van der Waals surface area contributed by atoms with Crippen molar-refractivity contribution in [1.82, 2.24) is 4.98 Å². The zero-order chi connectivity index (χ0) is 16.4. The highest BCUT2D eigenvalue weighted by Crippen LogP contribution is 2.21. The van der Waals surface area contributed by atoms with Gasteiger partial charge in [0, 0.05) is 21.6 Å². The fourth-order valence-corrected chi connectivity index (χ4v) is 2.41. The van der Waals surface area contributed by atoms with Crippen LogP contribution in [0.1, 0.15) is 20.8 Å². The minimum Gasteiger partial charge on any atom is -0.465 e. The Morgan fingerprint density at radius 2 is 1.83 bits per heavy atom. The van der Waals surface area contributed by atoms with Crippen LogP contribution in [0.3, 0.4) is 0 Å². The van der Waals surface area contributed by atoms with E-state index in [1.54, 1.807) is 42.5 Å². The highest BCUT2D eigenvalue weighted by atomic mass is 35.5. The van der Waals surface area contributed by atoms with E-state index in [1.165, 1.54) is 7.11 Å². The summed E-state index contributed by atoms with van der Waals surface area (Å²) in [4.78, 5) is 26.7. The molecule has 0 bridgehead atoms. The second kappa shape index (κ2) is 6.14. The summed E-state index contributed by atoms with van der Waals surface area (Å²) in [5.41, 5.74) is 2.27. The summed E-state index contributed by atoms with van der Waals surface area (Å²) in [6.45, 7) is 0. The predicted octanol–water partition coefficient (Wildman–Crippen LogP) is 3.86. The van der Waals surface area contributed by atoms with Crippen molar-refractivity contribution in [2.24, 2.45) is 0 Å². The fraction of sp³-hybridized carbons (Fsp3) is 0.0588. The standard InChI is InChI=1S/C17H13ClN2O3/c1-23-17(22)10-2-5-13(6-3-10)19-16(21)15-9-11-8-12(18)4-7-14(11)20-15/h2-9,20H,1H3,(H,19,21). The Morgan fingerprint density at radius 1 is 1.09 bits per heavy atom.